The second-order valence-corrected chi connectivity index (χ2v) is 7.14. The number of hydrogen-bond acceptors (Lipinski definition) is 3. The van der Waals surface area contributed by atoms with Gasteiger partial charge in [-0.25, -0.2) is 0 Å². The highest BCUT2D eigenvalue weighted by Gasteiger charge is 2.22. The molecule has 0 unspecified atom stereocenters. The average Bonchev–Trinajstić information content (AvgIpc) is 3.04. The lowest BCUT2D eigenvalue weighted by molar-refractivity contribution is 0.0772. The Kier molecular flexibility index (Phi) is 7.76. The van der Waals surface area contributed by atoms with Crippen LogP contribution in [0.3, 0.4) is 0 Å². The molecular weight excluding hydrogens is 366 g/mol. The normalized spacial score (nSPS) is 10.7. The molecule has 0 aliphatic heterocycles. The van der Waals surface area contributed by atoms with Crippen LogP contribution in [0.2, 0.25) is 0 Å². The molecule has 0 saturated heterocycles. The fourth-order valence-electron chi connectivity index (χ4n) is 3.58. The van der Waals surface area contributed by atoms with Gasteiger partial charge in [0.05, 0.1) is 0 Å². The number of carbonyl (C=O) groups is 3. The van der Waals surface area contributed by atoms with Gasteiger partial charge >= 0.3 is 0 Å². The van der Waals surface area contributed by atoms with E-state index >= 15 is 0 Å². The summed E-state index contributed by atoms with van der Waals surface area (Å²) in [5, 5.41) is 2.91. The number of aromatic nitrogens is 1. The van der Waals surface area contributed by atoms with E-state index in [2.05, 4.69) is 10.3 Å². The van der Waals surface area contributed by atoms with E-state index in [0.717, 1.165) is 23.2 Å². The van der Waals surface area contributed by atoms with Gasteiger partial charge in [0, 0.05) is 36.5 Å². The van der Waals surface area contributed by atoms with Crippen molar-refractivity contribution in [1.82, 2.24) is 15.2 Å². The number of amides is 2. The van der Waals surface area contributed by atoms with Gasteiger partial charge in [-0.2, -0.15) is 0 Å². The molecule has 2 aromatic rings. The van der Waals surface area contributed by atoms with Crippen LogP contribution in [0.25, 0.3) is 0 Å². The van der Waals surface area contributed by atoms with Gasteiger partial charge in [0.25, 0.3) is 11.8 Å². The van der Waals surface area contributed by atoms with Crippen molar-refractivity contribution < 1.29 is 14.4 Å². The summed E-state index contributed by atoms with van der Waals surface area (Å²) in [5.41, 5.74) is 4.14. The Morgan fingerprint density at radius 3 is 2.17 bits per heavy atom. The molecule has 6 heteroatoms. The molecule has 1 aromatic heterocycles. The smallest absolute Gasteiger partial charge is 0.268 e. The molecule has 0 aliphatic carbocycles. The van der Waals surface area contributed by atoms with E-state index in [1.54, 1.807) is 17.0 Å². The van der Waals surface area contributed by atoms with Crippen LogP contribution in [-0.4, -0.2) is 40.6 Å². The van der Waals surface area contributed by atoms with E-state index in [-0.39, 0.29) is 17.6 Å². The number of carbonyl (C=O) groups excluding carboxylic acids is 3. The summed E-state index contributed by atoms with van der Waals surface area (Å²) >= 11 is 0. The Hall–Kier alpha value is -2.89. The van der Waals surface area contributed by atoms with Crippen molar-refractivity contribution in [3.63, 3.8) is 0 Å². The molecule has 0 spiro atoms. The lowest BCUT2D eigenvalue weighted by Crippen LogP contribution is -2.30. The number of Topliss-reactive ketones (excluding diaryl/α,β-unsaturated/α-hetero) is 1. The second-order valence-electron chi connectivity index (χ2n) is 7.14. The van der Waals surface area contributed by atoms with Gasteiger partial charge < -0.3 is 15.2 Å². The molecule has 2 N–H and O–H groups in total. The number of ketones is 1. The molecule has 0 saturated carbocycles. The Bertz CT molecular complexity index is 878. The maximum absolute atomic E-state index is 12.7. The average molecular weight is 398 g/mol. The van der Waals surface area contributed by atoms with Crippen LogP contribution < -0.4 is 5.32 Å². The molecule has 156 valence electrons. The summed E-state index contributed by atoms with van der Waals surface area (Å²) in [6.45, 7) is 11.0. The summed E-state index contributed by atoms with van der Waals surface area (Å²) in [6.07, 6.45) is 1.52. The quantitative estimate of drug-likeness (QED) is 0.630. The van der Waals surface area contributed by atoms with Gasteiger partial charge in [-0.05, 0) is 57.4 Å². The first-order valence-electron chi connectivity index (χ1n) is 10.2. The number of nitrogens with one attached hydrogen (secondary N) is 2. The second kappa shape index (κ2) is 10.0. The van der Waals surface area contributed by atoms with Gasteiger partial charge in [-0.1, -0.05) is 25.5 Å². The highest BCUT2D eigenvalue weighted by molar-refractivity contribution is 6.02. The van der Waals surface area contributed by atoms with E-state index in [9.17, 15) is 14.4 Å². The molecule has 6 nitrogen and oxygen atoms in total. The zero-order chi connectivity index (χ0) is 21.6. The minimum atomic E-state index is -0.229. The van der Waals surface area contributed by atoms with Crippen LogP contribution in [-0.2, 0) is 13.0 Å². The first-order valence-corrected chi connectivity index (χ1v) is 10.2. The molecule has 2 rings (SSSR count). The van der Waals surface area contributed by atoms with Gasteiger partial charge in [0.1, 0.15) is 5.69 Å². The van der Waals surface area contributed by atoms with Crippen LogP contribution >= 0.6 is 0 Å². The summed E-state index contributed by atoms with van der Waals surface area (Å²) < 4.78 is 0. The first-order chi connectivity index (χ1) is 13.8. The standard InChI is InChI=1S/C23H31N3O3/c1-6-9-19-20(16(5)27)15(4)25-21(19)22(28)24-14-17-10-12-18(13-11-17)23(29)26(7-2)8-3/h10-13,25H,6-9,14H2,1-5H3,(H,24,28). The third-order valence-corrected chi connectivity index (χ3v) is 5.07. The summed E-state index contributed by atoms with van der Waals surface area (Å²) in [5.74, 6) is -0.254. The Morgan fingerprint density at radius 2 is 1.66 bits per heavy atom. The molecule has 0 fully saturated rings. The maximum Gasteiger partial charge on any atom is 0.268 e. The van der Waals surface area contributed by atoms with Crippen LogP contribution in [0.4, 0.5) is 0 Å². The fraction of sp³-hybridized carbons (Fsp3) is 0.435. The predicted octanol–water partition coefficient (Wildman–Crippen LogP) is 3.89. The lowest BCUT2D eigenvalue weighted by atomic mass is 10.0. The monoisotopic (exact) mass is 397 g/mol. The van der Waals surface area contributed by atoms with Crippen LogP contribution in [0, 0.1) is 6.92 Å². The summed E-state index contributed by atoms with van der Waals surface area (Å²) in [7, 11) is 0. The van der Waals surface area contributed by atoms with Crippen molar-refractivity contribution in [3.8, 4) is 0 Å². The van der Waals surface area contributed by atoms with Gasteiger partial charge in [-0.15, -0.1) is 0 Å². The van der Waals surface area contributed by atoms with Crippen molar-refractivity contribution in [2.45, 2.75) is 54.0 Å². The molecule has 0 aliphatic rings. The van der Waals surface area contributed by atoms with Crippen LogP contribution in [0.5, 0.6) is 0 Å². The molecule has 0 bridgehead atoms. The Morgan fingerprint density at radius 1 is 1.03 bits per heavy atom. The molecule has 2 amide bonds. The van der Waals surface area contributed by atoms with Crippen LogP contribution in [0.1, 0.15) is 82.1 Å². The molecule has 0 radical (unpaired) electrons. The molecule has 1 heterocycles. The fourth-order valence-corrected chi connectivity index (χ4v) is 3.58. The Balaban J connectivity index is 2.11. The van der Waals surface area contributed by atoms with E-state index in [0.29, 0.717) is 42.9 Å². The van der Waals surface area contributed by atoms with E-state index in [1.165, 1.54) is 6.92 Å². The number of nitrogens with zero attached hydrogens (tertiary/aromatic N) is 1. The van der Waals surface area contributed by atoms with Crippen LogP contribution in [0.15, 0.2) is 24.3 Å². The van der Waals surface area contributed by atoms with E-state index in [1.807, 2.05) is 39.8 Å². The van der Waals surface area contributed by atoms with Crippen molar-refractivity contribution in [2.24, 2.45) is 0 Å². The third-order valence-electron chi connectivity index (χ3n) is 5.07. The molecule has 29 heavy (non-hydrogen) atoms. The number of H-pyrrole nitrogens is 1. The van der Waals surface area contributed by atoms with E-state index < -0.39 is 0 Å². The number of aromatic amines is 1. The molecule has 1 aromatic carbocycles. The predicted molar refractivity (Wildman–Crippen MR) is 114 cm³/mol. The zero-order valence-electron chi connectivity index (χ0n) is 18.0. The highest BCUT2D eigenvalue weighted by Crippen LogP contribution is 2.21. The lowest BCUT2D eigenvalue weighted by Gasteiger charge is -2.18. The zero-order valence-corrected chi connectivity index (χ0v) is 18.0. The summed E-state index contributed by atoms with van der Waals surface area (Å²) in [4.78, 5) is 41.9. The topological polar surface area (TPSA) is 82.3 Å². The number of aryl methyl sites for hydroxylation is 1. The van der Waals surface area contributed by atoms with Crippen molar-refractivity contribution >= 4 is 17.6 Å². The van der Waals surface area contributed by atoms with E-state index in [4.69, 9.17) is 0 Å². The van der Waals surface area contributed by atoms with Gasteiger partial charge in [0.15, 0.2) is 5.78 Å². The minimum Gasteiger partial charge on any atom is -0.354 e. The Labute approximate surface area is 172 Å². The first kappa shape index (κ1) is 22.4. The number of hydrogen-bond donors (Lipinski definition) is 2. The number of rotatable bonds is 9. The largest absolute Gasteiger partial charge is 0.354 e. The van der Waals surface area contributed by atoms with Crippen molar-refractivity contribution in [1.29, 1.82) is 0 Å². The minimum absolute atomic E-state index is 0.00779. The summed E-state index contributed by atoms with van der Waals surface area (Å²) in [6, 6.07) is 7.28. The highest BCUT2D eigenvalue weighted by atomic mass is 16.2. The van der Waals surface area contributed by atoms with Crippen molar-refractivity contribution in [3.05, 3.63) is 57.9 Å². The third kappa shape index (κ3) is 5.13. The van der Waals surface area contributed by atoms with Gasteiger partial charge in [0.2, 0.25) is 0 Å². The molecular formula is C23H31N3O3. The number of benzene rings is 1. The molecule has 0 atom stereocenters. The van der Waals surface area contributed by atoms with Crippen molar-refractivity contribution in [2.75, 3.05) is 13.1 Å². The van der Waals surface area contributed by atoms with Gasteiger partial charge in [-0.3, -0.25) is 14.4 Å². The SMILES string of the molecule is CCCc1c(C(=O)NCc2ccc(C(=O)N(CC)CC)cc2)[nH]c(C)c1C(C)=O. The maximum atomic E-state index is 12.7.